The van der Waals surface area contributed by atoms with E-state index in [9.17, 15) is 24.3 Å². The number of amides is 2. The number of nitrogens with zero attached hydrogens (tertiary/aromatic N) is 5. The van der Waals surface area contributed by atoms with Crippen LogP contribution in [0, 0.1) is 6.92 Å². The molecule has 4 N–H and O–H groups in total. The number of hydrogen-bond donors (Lipinski definition) is 4. The summed E-state index contributed by atoms with van der Waals surface area (Å²) in [5, 5.41) is 37.8. The van der Waals surface area contributed by atoms with Crippen molar-refractivity contribution in [1.29, 1.82) is 0 Å². The van der Waals surface area contributed by atoms with E-state index < -0.39 is 36.3 Å². The van der Waals surface area contributed by atoms with Crippen LogP contribution in [0.25, 0.3) is 50.2 Å². The summed E-state index contributed by atoms with van der Waals surface area (Å²) in [5.41, 5.74) is 9.79. The van der Waals surface area contributed by atoms with E-state index in [1.54, 1.807) is 88.6 Å². The third-order valence-corrected chi connectivity index (χ3v) is 12.3. The molecule has 2 aromatic heterocycles. The zero-order chi connectivity index (χ0) is 49.6. The van der Waals surface area contributed by atoms with E-state index in [0.717, 1.165) is 27.8 Å². The average Bonchev–Trinajstić information content (AvgIpc) is 3.88. The summed E-state index contributed by atoms with van der Waals surface area (Å²) < 4.78 is 14.6. The highest BCUT2D eigenvalue weighted by Gasteiger charge is 2.23. The number of benzene rings is 6. The van der Waals surface area contributed by atoms with Gasteiger partial charge in [0.1, 0.15) is 23.7 Å². The van der Waals surface area contributed by atoms with Gasteiger partial charge in [0.2, 0.25) is 0 Å². The molecule has 0 aliphatic rings. The number of carboxylic acids is 2. The van der Waals surface area contributed by atoms with Crippen molar-refractivity contribution in [3.05, 3.63) is 178 Å². The van der Waals surface area contributed by atoms with Gasteiger partial charge < -0.3 is 19.7 Å². The van der Waals surface area contributed by atoms with Gasteiger partial charge in [-0.3, -0.25) is 24.9 Å². The summed E-state index contributed by atoms with van der Waals surface area (Å²) in [6.07, 6.45) is -1.47. The van der Waals surface area contributed by atoms with Gasteiger partial charge in [0.15, 0.2) is 5.82 Å². The first kappa shape index (κ1) is 48.2. The van der Waals surface area contributed by atoms with Crippen molar-refractivity contribution in [1.82, 2.24) is 24.8 Å². The molecule has 2 amide bonds. The molecule has 0 fully saturated rings. The Kier molecular flexibility index (Phi) is 14.4. The maximum absolute atomic E-state index is 13.5. The van der Waals surface area contributed by atoms with Gasteiger partial charge in [-0.15, -0.1) is 5.10 Å². The monoisotopic (exact) mass is 977 g/mol. The van der Waals surface area contributed by atoms with Crippen molar-refractivity contribution < 1.29 is 38.9 Å². The number of ether oxygens (including phenoxy) is 2. The van der Waals surface area contributed by atoms with Crippen molar-refractivity contribution in [2.75, 3.05) is 10.6 Å². The Morgan fingerprint density at radius 2 is 1.11 bits per heavy atom. The smallest absolute Gasteiger partial charge is 0.413 e. The van der Waals surface area contributed by atoms with E-state index in [2.05, 4.69) is 26.0 Å². The molecule has 2 atom stereocenters. The maximum atomic E-state index is 13.5. The minimum Gasteiger partial charge on any atom is -0.481 e. The van der Waals surface area contributed by atoms with Crippen LogP contribution in [0.4, 0.5) is 21.2 Å². The Morgan fingerprint density at radius 1 is 0.600 bits per heavy atom. The molecule has 8 aromatic rings. The Balaban J connectivity index is 1.03. The fraction of sp³-hybridized carbons (Fsp3) is 0.151. The second-order valence-corrected chi connectivity index (χ2v) is 17.2. The number of carboxylic acid groups (broad SMARTS) is 2. The van der Waals surface area contributed by atoms with E-state index in [0.29, 0.717) is 72.0 Å². The third-order valence-electron chi connectivity index (χ3n) is 11.6. The molecule has 17 heteroatoms. The van der Waals surface area contributed by atoms with Crippen molar-refractivity contribution in [2.45, 2.75) is 45.8 Å². The highest BCUT2D eigenvalue weighted by Crippen LogP contribution is 2.41. The Morgan fingerprint density at radius 3 is 1.69 bits per heavy atom. The second-order valence-electron chi connectivity index (χ2n) is 16.4. The predicted octanol–water partition coefficient (Wildman–Crippen LogP) is 12.2. The summed E-state index contributed by atoms with van der Waals surface area (Å²) in [6, 6.07) is 40.4. The van der Waals surface area contributed by atoms with Crippen LogP contribution < -0.4 is 10.6 Å². The molecule has 15 nitrogen and oxygen atoms in total. The third kappa shape index (κ3) is 11.0. The van der Waals surface area contributed by atoms with Crippen molar-refractivity contribution in [2.24, 2.45) is 7.05 Å². The fourth-order valence-corrected chi connectivity index (χ4v) is 8.59. The number of hydrogen-bond acceptors (Lipinski definition) is 9. The molecule has 354 valence electrons. The molecule has 6 aromatic carbocycles. The van der Waals surface area contributed by atoms with Gasteiger partial charge in [-0.25, -0.2) is 9.59 Å². The van der Waals surface area contributed by atoms with Crippen LogP contribution in [0.3, 0.4) is 0 Å². The molecule has 0 bridgehead atoms. The average molecular weight is 979 g/mol. The Hall–Kier alpha value is -8.27. The maximum Gasteiger partial charge on any atom is 0.413 e. The van der Waals surface area contributed by atoms with Gasteiger partial charge >= 0.3 is 24.1 Å². The number of carbonyl (C=O) groups excluding carboxylic acids is 2. The van der Waals surface area contributed by atoms with Gasteiger partial charge in [-0.2, -0.15) is 9.78 Å². The van der Waals surface area contributed by atoms with Gasteiger partial charge in [0.05, 0.1) is 24.7 Å². The van der Waals surface area contributed by atoms with Gasteiger partial charge in [0, 0.05) is 33.8 Å². The van der Waals surface area contributed by atoms with E-state index in [-0.39, 0.29) is 12.8 Å². The second kappa shape index (κ2) is 20.9. The van der Waals surface area contributed by atoms with Crippen molar-refractivity contribution in [3.63, 3.8) is 0 Å². The first-order valence-corrected chi connectivity index (χ1v) is 22.7. The predicted molar refractivity (Wildman–Crippen MR) is 267 cm³/mol. The van der Waals surface area contributed by atoms with Crippen LogP contribution in [-0.4, -0.2) is 59.1 Å². The number of halogens is 2. The van der Waals surface area contributed by atoms with Crippen LogP contribution in [-0.2, 0) is 39.0 Å². The first-order chi connectivity index (χ1) is 33.6. The number of aliphatic carboxylic acids is 2. The summed E-state index contributed by atoms with van der Waals surface area (Å²) in [7, 11) is 1.70. The zero-order valence-corrected chi connectivity index (χ0v) is 39.7. The van der Waals surface area contributed by atoms with Crippen molar-refractivity contribution >= 4 is 59.0 Å². The van der Waals surface area contributed by atoms with E-state index in [1.165, 1.54) is 9.36 Å². The number of rotatable bonds is 15. The molecule has 0 radical (unpaired) electrons. The van der Waals surface area contributed by atoms with Crippen LogP contribution in [0.2, 0.25) is 10.0 Å². The lowest BCUT2D eigenvalue weighted by atomic mass is 9.91. The molecule has 2 unspecified atom stereocenters. The Bertz CT molecular complexity index is 3240. The topological polar surface area (TPSA) is 200 Å². The molecule has 8 rings (SSSR count). The number of anilines is 2. The van der Waals surface area contributed by atoms with E-state index in [1.807, 2.05) is 78.9 Å². The minimum atomic E-state index is -0.928. The molecule has 70 heavy (non-hydrogen) atoms. The highest BCUT2D eigenvalue weighted by atomic mass is 35.5. The molecule has 0 saturated heterocycles. The number of aryl methyl sites for hydroxylation is 2. The molecule has 0 saturated carbocycles. The first-order valence-electron chi connectivity index (χ1n) is 21.9. The van der Waals surface area contributed by atoms with Gasteiger partial charge in [-0.1, -0.05) is 132 Å². The number of aromatic nitrogens is 5. The lowest BCUT2D eigenvalue weighted by Crippen LogP contribution is -2.19. The Labute approximate surface area is 412 Å². The quantitative estimate of drug-likeness (QED) is 0.0762. The summed E-state index contributed by atoms with van der Waals surface area (Å²) in [5.74, 6) is -1.15. The molecular weight excluding hydrogens is 934 g/mol. The lowest BCUT2D eigenvalue weighted by Gasteiger charge is -2.19. The molecule has 2 heterocycles. The fourth-order valence-electron chi connectivity index (χ4n) is 7.97. The van der Waals surface area contributed by atoms with Gasteiger partial charge in [0.25, 0.3) is 0 Å². The number of carbonyl (C=O) groups is 4. The van der Waals surface area contributed by atoms with Crippen LogP contribution >= 0.6 is 23.2 Å². The van der Waals surface area contributed by atoms with E-state index >= 15 is 0 Å². The number of nitrogens with one attached hydrogen (secondary N) is 2. The van der Waals surface area contributed by atoms with Gasteiger partial charge in [-0.05, 0) is 101 Å². The van der Waals surface area contributed by atoms with Crippen LogP contribution in [0.1, 0.15) is 54.0 Å². The zero-order valence-electron chi connectivity index (χ0n) is 38.2. The summed E-state index contributed by atoms with van der Waals surface area (Å²) in [4.78, 5) is 49.4. The van der Waals surface area contributed by atoms with Crippen LogP contribution in [0.15, 0.2) is 140 Å². The largest absolute Gasteiger partial charge is 0.481 e. The molecular formula is C53H45Cl2N7O8. The molecule has 0 aliphatic carbocycles. The lowest BCUT2D eigenvalue weighted by molar-refractivity contribution is -0.137. The van der Waals surface area contributed by atoms with Crippen LogP contribution in [0.5, 0.6) is 0 Å². The molecule has 0 spiro atoms. The minimum absolute atomic E-state index is 0.0579. The highest BCUT2D eigenvalue weighted by molar-refractivity contribution is 6.32. The standard InChI is InChI=1S/C53H45Cl2N7O8/c1-30-50(62(60-59-30)40-21-17-36(18-22-40)35-13-9-33(10-14-35)25-48(63)64)57-52(67)70-32(3)42-23-20-39(28-47(42)55)44-27-38(37-15-11-34(12-16-37)26-49(65)66)19-24-43(44)45-29-56-61(4)51(45)58-53(68)69-31(2)41-7-5-6-8-46(41)54/h5-24,27-29,31-32H,25-26H2,1-4H3,(H,57,67)(H,58,68)(H,63,64)(H,65,66). The van der Waals surface area contributed by atoms with E-state index in [4.69, 9.17) is 37.8 Å². The summed E-state index contributed by atoms with van der Waals surface area (Å²) in [6.45, 7) is 5.14. The summed E-state index contributed by atoms with van der Waals surface area (Å²) >= 11 is 13.4. The van der Waals surface area contributed by atoms with Crippen molar-refractivity contribution in [3.8, 4) is 50.2 Å². The normalized spacial score (nSPS) is 11.9. The molecule has 0 aliphatic heterocycles. The SMILES string of the molecule is Cc1nnn(-c2ccc(-c3ccc(CC(=O)O)cc3)cc2)c1NC(=O)OC(C)c1ccc(-c2cc(-c3ccc(CC(=O)O)cc3)ccc2-c2cnn(C)c2NC(=O)OC(C)c2ccccc2Cl)cc1Cl.